The van der Waals surface area contributed by atoms with Crippen LogP contribution in [-0.2, 0) is 16.1 Å². The van der Waals surface area contributed by atoms with Gasteiger partial charge in [0, 0.05) is 7.05 Å². The summed E-state index contributed by atoms with van der Waals surface area (Å²) in [5.41, 5.74) is 0. The maximum absolute atomic E-state index is 12.1. The van der Waals surface area contributed by atoms with E-state index in [1.807, 2.05) is 6.07 Å². The third-order valence-electron chi connectivity index (χ3n) is 3.69. The Hall–Kier alpha value is -3.15. The lowest BCUT2D eigenvalue weighted by molar-refractivity contribution is -0.489. The molecule has 2 rings (SSSR count). The Balaban J connectivity index is 2.14. The lowest BCUT2D eigenvalue weighted by Crippen LogP contribution is -2.87. The van der Waals surface area contributed by atoms with Gasteiger partial charge in [-0.2, -0.15) is 10.2 Å². The van der Waals surface area contributed by atoms with Gasteiger partial charge in [-0.15, -0.1) is 0 Å². The molecule has 9 heteroatoms. The first-order chi connectivity index (χ1) is 11.4. The number of amidine groups is 1. The van der Waals surface area contributed by atoms with Crippen molar-refractivity contribution in [1.29, 1.82) is 5.26 Å². The Kier molecular flexibility index (Phi) is 4.99. The monoisotopic (exact) mass is 332 g/mol. The molecule has 1 aliphatic heterocycles. The van der Waals surface area contributed by atoms with Crippen LogP contribution in [0.5, 0.6) is 0 Å². The molecule has 1 aromatic heterocycles. The van der Waals surface area contributed by atoms with Crippen molar-refractivity contribution in [2.45, 2.75) is 19.5 Å². The lowest BCUT2D eigenvalue weighted by Gasteiger charge is -2.27. The summed E-state index contributed by atoms with van der Waals surface area (Å²) in [6.45, 7) is 1.78. The molecule has 1 aromatic rings. The van der Waals surface area contributed by atoms with Crippen molar-refractivity contribution in [3.05, 3.63) is 24.2 Å². The highest BCUT2D eigenvalue weighted by Gasteiger charge is 2.47. The minimum absolute atomic E-state index is 0.0891. The fourth-order valence-electron chi connectivity index (χ4n) is 2.25. The van der Waals surface area contributed by atoms with Crippen molar-refractivity contribution in [1.82, 2.24) is 15.1 Å². The van der Waals surface area contributed by atoms with Crippen LogP contribution < -0.4 is 10.3 Å². The summed E-state index contributed by atoms with van der Waals surface area (Å²) in [6.07, 6.45) is 1.50. The van der Waals surface area contributed by atoms with Crippen molar-refractivity contribution in [3.8, 4) is 6.07 Å². The van der Waals surface area contributed by atoms with Crippen molar-refractivity contribution in [3.63, 3.8) is 0 Å². The maximum Gasteiger partial charge on any atom is 0.417 e. The van der Waals surface area contributed by atoms with E-state index in [1.165, 1.54) is 20.4 Å². The predicted molar refractivity (Wildman–Crippen MR) is 81.0 cm³/mol. The highest BCUT2D eigenvalue weighted by molar-refractivity contribution is 6.17. The zero-order valence-corrected chi connectivity index (χ0v) is 13.6. The van der Waals surface area contributed by atoms with E-state index in [4.69, 9.17) is 4.42 Å². The minimum Gasteiger partial charge on any atom is -0.467 e. The van der Waals surface area contributed by atoms with Crippen LogP contribution in [0.4, 0.5) is 4.79 Å². The number of furan rings is 1. The second kappa shape index (κ2) is 6.95. The molecular formula is C15H18N5O4+. The van der Waals surface area contributed by atoms with E-state index in [-0.39, 0.29) is 18.3 Å². The first kappa shape index (κ1) is 17.2. The van der Waals surface area contributed by atoms with Crippen LogP contribution in [0.15, 0.2) is 22.8 Å². The summed E-state index contributed by atoms with van der Waals surface area (Å²) in [6, 6.07) is 3.96. The van der Waals surface area contributed by atoms with Gasteiger partial charge in [0.15, 0.2) is 6.04 Å². The molecule has 0 aromatic carbocycles. The maximum atomic E-state index is 12.1. The number of carbonyl (C=O) groups is 3. The zero-order valence-electron chi connectivity index (χ0n) is 13.6. The molecule has 4 amide bonds. The van der Waals surface area contributed by atoms with E-state index in [2.05, 4.69) is 10.3 Å². The number of hydrogen-bond donors (Lipinski definition) is 2. The van der Waals surface area contributed by atoms with E-state index in [1.54, 1.807) is 19.1 Å². The van der Waals surface area contributed by atoms with Gasteiger partial charge >= 0.3 is 6.03 Å². The Labute approximate surface area is 138 Å². The molecule has 0 bridgehead atoms. The first-order valence-corrected chi connectivity index (χ1v) is 7.25. The minimum atomic E-state index is -1.17. The van der Waals surface area contributed by atoms with E-state index < -0.39 is 23.9 Å². The van der Waals surface area contributed by atoms with Gasteiger partial charge in [-0.3, -0.25) is 14.6 Å². The van der Waals surface area contributed by atoms with Crippen LogP contribution in [-0.4, -0.2) is 53.6 Å². The Morgan fingerprint density at radius 3 is 2.75 bits per heavy atom. The highest BCUT2D eigenvalue weighted by atomic mass is 16.3. The van der Waals surface area contributed by atoms with Crippen LogP contribution in [0.2, 0.25) is 0 Å². The average molecular weight is 332 g/mol. The number of carbonyl (C=O) groups excluding carboxylic acids is 3. The summed E-state index contributed by atoms with van der Waals surface area (Å²) < 4.78 is 5.12. The SMILES string of the molecule is CC([NH+]=C1C(C#N)C(=O)N(C)C(=O)N1C)C(=O)NCc1ccco1. The van der Waals surface area contributed by atoms with Gasteiger partial charge < -0.3 is 9.73 Å². The molecule has 0 radical (unpaired) electrons. The zero-order chi connectivity index (χ0) is 17.9. The van der Waals surface area contributed by atoms with Crippen molar-refractivity contribution >= 4 is 23.7 Å². The Morgan fingerprint density at radius 1 is 1.46 bits per heavy atom. The second-order valence-electron chi connectivity index (χ2n) is 5.35. The fourth-order valence-corrected chi connectivity index (χ4v) is 2.25. The summed E-state index contributed by atoms with van der Waals surface area (Å²) in [5, 5.41) is 11.9. The van der Waals surface area contributed by atoms with Gasteiger partial charge in [-0.25, -0.2) is 9.69 Å². The van der Waals surface area contributed by atoms with E-state index in [0.29, 0.717) is 5.76 Å². The number of rotatable bonds is 4. The lowest BCUT2D eigenvalue weighted by atomic mass is 10.1. The second-order valence-corrected chi connectivity index (χ2v) is 5.35. The summed E-state index contributed by atoms with van der Waals surface area (Å²) >= 11 is 0. The third kappa shape index (κ3) is 3.27. The van der Waals surface area contributed by atoms with Crippen molar-refractivity contribution in [2.24, 2.45) is 5.92 Å². The molecular weight excluding hydrogens is 314 g/mol. The van der Waals surface area contributed by atoms with Gasteiger partial charge in [-0.1, -0.05) is 0 Å². The quantitative estimate of drug-likeness (QED) is 0.690. The smallest absolute Gasteiger partial charge is 0.417 e. The molecule has 0 spiro atoms. The topological polar surface area (TPSA) is 121 Å². The molecule has 24 heavy (non-hydrogen) atoms. The molecule has 2 atom stereocenters. The van der Waals surface area contributed by atoms with E-state index >= 15 is 0 Å². The molecule has 1 fully saturated rings. The molecule has 0 saturated carbocycles. The normalized spacial score (nSPS) is 20.9. The third-order valence-corrected chi connectivity index (χ3v) is 3.69. The van der Waals surface area contributed by atoms with Gasteiger partial charge in [0.1, 0.15) is 5.76 Å². The Bertz CT molecular complexity index is 719. The molecule has 2 unspecified atom stereocenters. The van der Waals surface area contributed by atoms with Crippen LogP contribution in [0.3, 0.4) is 0 Å². The molecule has 2 N–H and O–H groups in total. The fraction of sp³-hybridized carbons (Fsp3) is 0.400. The van der Waals surface area contributed by atoms with E-state index in [0.717, 1.165) is 9.80 Å². The van der Waals surface area contributed by atoms with Crippen LogP contribution >= 0.6 is 0 Å². The number of urea groups is 1. The number of amides is 4. The number of nitrogens with one attached hydrogen (secondary N) is 2. The predicted octanol–water partition coefficient (Wildman–Crippen LogP) is -1.57. The number of hydrogen-bond acceptors (Lipinski definition) is 5. The number of imide groups is 1. The van der Waals surface area contributed by atoms with Crippen LogP contribution in [0.1, 0.15) is 12.7 Å². The molecule has 9 nitrogen and oxygen atoms in total. The number of nitrogens with zero attached hydrogens (tertiary/aromatic N) is 3. The van der Waals surface area contributed by atoms with Crippen LogP contribution in [0.25, 0.3) is 0 Å². The summed E-state index contributed by atoms with van der Waals surface area (Å²) in [5.74, 6) is -1.47. The van der Waals surface area contributed by atoms with Gasteiger partial charge in [0.2, 0.25) is 5.92 Å². The largest absolute Gasteiger partial charge is 0.467 e. The molecule has 126 valence electrons. The summed E-state index contributed by atoms with van der Waals surface area (Å²) in [7, 11) is 2.74. The van der Waals surface area contributed by atoms with Gasteiger partial charge in [0.25, 0.3) is 17.6 Å². The molecule has 2 heterocycles. The van der Waals surface area contributed by atoms with Gasteiger partial charge in [0.05, 0.1) is 25.9 Å². The molecule has 1 saturated heterocycles. The first-order valence-electron chi connectivity index (χ1n) is 7.25. The molecule has 0 aliphatic carbocycles. The number of nitriles is 1. The summed E-state index contributed by atoms with van der Waals surface area (Å²) in [4.78, 5) is 41.0. The standard InChI is InChI=1S/C15H17N5O4/c1-9(13(21)17-8-10-5-4-6-24-10)18-12-11(7-16)14(22)20(3)15(23)19(12)2/h4-6,9,11H,8H2,1-3H3,(H,17,21)/p+1. The highest BCUT2D eigenvalue weighted by Crippen LogP contribution is 2.12. The average Bonchev–Trinajstić information content (AvgIpc) is 3.09. The molecule has 1 aliphatic rings. The van der Waals surface area contributed by atoms with Crippen molar-refractivity contribution in [2.75, 3.05) is 14.1 Å². The van der Waals surface area contributed by atoms with Crippen molar-refractivity contribution < 1.29 is 23.8 Å². The van der Waals surface area contributed by atoms with Gasteiger partial charge in [-0.05, 0) is 19.1 Å². The van der Waals surface area contributed by atoms with E-state index in [9.17, 15) is 19.6 Å². The Morgan fingerprint density at radius 2 is 2.17 bits per heavy atom. The van der Waals surface area contributed by atoms with Crippen LogP contribution in [0, 0.1) is 17.2 Å².